The lowest BCUT2D eigenvalue weighted by atomic mass is 9.84. The van der Waals surface area contributed by atoms with Crippen LogP contribution in [0.15, 0.2) is 29.2 Å². The molecule has 174 valence electrons. The molecule has 0 radical (unpaired) electrons. The van der Waals surface area contributed by atoms with Crippen molar-refractivity contribution in [3.63, 3.8) is 0 Å². The first-order valence-electron chi connectivity index (χ1n) is 11.0. The van der Waals surface area contributed by atoms with Gasteiger partial charge in [-0.05, 0) is 18.9 Å². The van der Waals surface area contributed by atoms with Crippen LogP contribution in [0.4, 0.5) is 8.78 Å². The summed E-state index contributed by atoms with van der Waals surface area (Å²) in [5.74, 6) is -3.50. The molecule has 5 rings (SSSR count). The minimum absolute atomic E-state index is 0.0375. The normalized spacial score (nSPS) is 24.0. The van der Waals surface area contributed by atoms with Crippen molar-refractivity contribution in [3.05, 3.63) is 63.1 Å². The number of aromatic nitrogens is 1. The lowest BCUT2D eigenvalue weighted by molar-refractivity contribution is -0.169. The topological polar surface area (TPSA) is 101 Å². The number of carbonyl (C=O) groups excluding carboxylic acids is 2. The Labute approximate surface area is 187 Å². The van der Waals surface area contributed by atoms with Gasteiger partial charge in [0.05, 0.1) is 12.6 Å². The molecule has 1 aromatic carbocycles. The van der Waals surface area contributed by atoms with Crippen molar-refractivity contribution in [2.45, 2.75) is 51.1 Å². The third-order valence-electron chi connectivity index (χ3n) is 6.72. The van der Waals surface area contributed by atoms with E-state index in [0.29, 0.717) is 12.6 Å². The van der Waals surface area contributed by atoms with Crippen molar-refractivity contribution in [1.82, 2.24) is 14.8 Å². The summed E-state index contributed by atoms with van der Waals surface area (Å²) >= 11 is 0. The lowest BCUT2D eigenvalue weighted by Gasteiger charge is -2.48. The summed E-state index contributed by atoms with van der Waals surface area (Å²) in [6.07, 6.45) is 4.79. The van der Waals surface area contributed by atoms with E-state index in [1.165, 1.54) is 16.8 Å². The number of ether oxygens (including phenoxy) is 1. The van der Waals surface area contributed by atoms with Gasteiger partial charge in [0.25, 0.3) is 11.8 Å². The number of carbonyl (C=O) groups is 2. The largest absolute Gasteiger partial charge is 0.503 e. The van der Waals surface area contributed by atoms with Crippen molar-refractivity contribution < 1.29 is 28.2 Å². The molecule has 2 aliphatic heterocycles. The summed E-state index contributed by atoms with van der Waals surface area (Å²) in [5.41, 5.74) is -1.50. The molecule has 33 heavy (non-hydrogen) atoms. The number of pyridine rings is 1. The standard InChI is InChI=1S/C23H23F2N3O5/c24-14-6-5-12(16(25)7-14)8-26-22(31)15-10-27-11-18-28(23(32)19(27)21(30)20(15)29)9-13-3-1-2-4-17(13)33-18/h5-7,10,13,17-18,30H,1-4,8-9,11H2,(H,26,31)/t13-,17+,18?/m1/s1. The van der Waals surface area contributed by atoms with Gasteiger partial charge in [0.1, 0.15) is 17.2 Å². The van der Waals surface area contributed by atoms with Crippen LogP contribution < -0.4 is 10.7 Å². The smallest absolute Gasteiger partial charge is 0.276 e. The molecule has 2 N–H and O–H groups in total. The molecule has 8 nitrogen and oxygen atoms in total. The number of hydrogen-bond donors (Lipinski definition) is 2. The van der Waals surface area contributed by atoms with E-state index in [9.17, 15) is 28.3 Å². The highest BCUT2D eigenvalue weighted by Crippen LogP contribution is 2.36. The van der Waals surface area contributed by atoms with Crippen molar-refractivity contribution in [2.75, 3.05) is 6.54 Å². The van der Waals surface area contributed by atoms with Crippen LogP contribution in [0.3, 0.4) is 0 Å². The number of nitrogens with zero attached hydrogens (tertiary/aromatic N) is 2. The molecule has 10 heteroatoms. The number of amides is 2. The van der Waals surface area contributed by atoms with E-state index in [4.69, 9.17) is 4.74 Å². The maximum atomic E-state index is 13.8. The zero-order chi connectivity index (χ0) is 23.3. The van der Waals surface area contributed by atoms with Gasteiger partial charge in [0.15, 0.2) is 17.7 Å². The van der Waals surface area contributed by atoms with Gasteiger partial charge >= 0.3 is 0 Å². The summed E-state index contributed by atoms with van der Waals surface area (Å²) < 4.78 is 34.5. The Morgan fingerprint density at radius 3 is 2.76 bits per heavy atom. The summed E-state index contributed by atoms with van der Waals surface area (Å²) in [6, 6.07) is 2.94. The fourth-order valence-corrected chi connectivity index (χ4v) is 4.98. The Kier molecular flexibility index (Phi) is 5.40. The molecular weight excluding hydrogens is 436 g/mol. The molecule has 2 fully saturated rings. The number of fused-ring (bicyclic) bond motifs is 3. The second-order valence-electron chi connectivity index (χ2n) is 8.77. The minimum atomic E-state index is -0.987. The Morgan fingerprint density at radius 2 is 1.97 bits per heavy atom. The van der Waals surface area contributed by atoms with E-state index in [1.807, 2.05) is 0 Å². The van der Waals surface area contributed by atoms with Gasteiger partial charge in [-0.3, -0.25) is 14.4 Å². The highest BCUT2D eigenvalue weighted by Gasteiger charge is 2.44. The molecule has 0 spiro atoms. The predicted molar refractivity (Wildman–Crippen MR) is 112 cm³/mol. The van der Waals surface area contributed by atoms with E-state index in [1.54, 1.807) is 4.90 Å². The van der Waals surface area contributed by atoms with Gasteiger partial charge < -0.3 is 24.6 Å². The molecule has 1 aromatic heterocycles. The molecule has 2 aromatic rings. The summed E-state index contributed by atoms with van der Waals surface area (Å²) in [7, 11) is 0. The van der Waals surface area contributed by atoms with Crippen molar-refractivity contribution >= 4 is 11.8 Å². The molecule has 1 unspecified atom stereocenters. The lowest BCUT2D eigenvalue weighted by Crippen LogP contribution is -2.59. The molecule has 0 bridgehead atoms. The van der Waals surface area contributed by atoms with Crippen LogP contribution in [0.5, 0.6) is 5.75 Å². The van der Waals surface area contributed by atoms with Gasteiger partial charge in [0, 0.05) is 36.8 Å². The Bertz CT molecular complexity index is 1200. The highest BCUT2D eigenvalue weighted by atomic mass is 19.1. The fourth-order valence-electron chi connectivity index (χ4n) is 4.98. The zero-order valence-electron chi connectivity index (χ0n) is 17.7. The number of rotatable bonds is 3. The van der Waals surface area contributed by atoms with Gasteiger partial charge in [-0.2, -0.15) is 0 Å². The first-order valence-corrected chi connectivity index (χ1v) is 11.0. The maximum absolute atomic E-state index is 13.8. The molecule has 2 amide bonds. The fraction of sp³-hybridized carbons (Fsp3) is 0.435. The van der Waals surface area contributed by atoms with Gasteiger partial charge in [-0.1, -0.05) is 18.9 Å². The van der Waals surface area contributed by atoms with Crippen LogP contribution in [-0.4, -0.2) is 45.3 Å². The van der Waals surface area contributed by atoms with Crippen LogP contribution in [0.1, 0.15) is 52.1 Å². The Morgan fingerprint density at radius 1 is 1.18 bits per heavy atom. The second-order valence-corrected chi connectivity index (χ2v) is 8.77. The molecular formula is C23H23F2N3O5. The van der Waals surface area contributed by atoms with Crippen molar-refractivity contribution in [2.24, 2.45) is 5.92 Å². The molecule has 3 atom stereocenters. The van der Waals surface area contributed by atoms with E-state index < -0.39 is 40.9 Å². The van der Waals surface area contributed by atoms with Crippen molar-refractivity contribution in [3.8, 4) is 5.75 Å². The first kappa shape index (κ1) is 21.6. The first-order chi connectivity index (χ1) is 15.8. The number of benzene rings is 1. The number of hydrogen-bond acceptors (Lipinski definition) is 5. The van der Waals surface area contributed by atoms with E-state index >= 15 is 0 Å². The van der Waals surface area contributed by atoms with Gasteiger partial charge in [0.2, 0.25) is 5.43 Å². The monoisotopic (exact) mass is 459 g/mol. The van der Waals surface area contributed by atoms with Crippen LogP contribution in [0.25, 0.3) is 0 Å². The summed E-state index contributed by atoms with van der Waals surface area (Å²) in [5, 5.41) is 12.9. The SMILES string of the molecule is O=C(NCc1ccc(F)cc1F)c1cn2c(c(O)c1=O)C(=O)N1C[C@H]3CCCC[C@@H]3OC1C2. The molecule has 3 heterocycles. The van der Waals surface area contributed by atoms with E-state index in [-0.39, 0.29) is 41.9 Å². The van der Waals surface area contributed by atoms with E-state index in [0.717, 1.165) is 31.7 Å². The van der Waals surface area contributed by atoms with Crippen LogP contribution in [0, 0.1) is 17.6 Å². The van der Waals surface area contributed by atoms with Gasteiger partial charge in [-0.15, -0.1) is 0 Å². The third kappa shape index (κ3) is 3.78. The molecule has 1 saturated heterocycles. The number of aromatic hydroxyl groups is 1. The second kappa shape index (κ2) is 8.26. The summed E-state index contributed by atoms with van der Waals surface area (Å²) in [4.78, 5) is 40.0. The van der Waals surface area contributed by atoms with Gasteiger partial charge in [-0.25, -0.2) is 8.78 Å². The Balaban J connectivity index is 1.40. The minimum Gasteiger partial charge on any atom is -0.503 e. The molecule has 1 saturated carbocycles. The number of halogens is 2. The van der Waals surface area contributed by atoms with E-state index in [2.05, 4.69) is 5.32 Å². The quantitative estimate of drug-likeness (QED) is 0.733. The molecule has 1 aliphatic carbocycles. The molecule has 3 aliphatic rings. The zero-order valence-corrected chi connectivity index (χ0v) is 17.7. The van der Waals surface area contributed by atoms with Crippen LogP contribution in [-0.2, 0) is 17.8 Å². The van der Waals surface area contributed by atoms with Crippen molar-refractivity contribution in [1.29, 1.82) is 0 Å². The average molecular weight is 459 g/mol. The third-order valence-corrected chi connectivity index (χ3v) is 6.72. The number of nitrogens with one attached hydrogen (secondary N) is 1. The average Bonchev–Trinajstić information content (AvgIpc) is 2.79. The Hall–Kier alpha value is -3.27. The van der Waals surface area contributed by atoms with Crippen LogP contribution >= 0.6 is 0 Å². The highest BCUT2D eigenvalue weighted by molar-refractivity contribution is 5.99. The summed E-state index contributed by atoms with van der Waals surface area (Å²) in [6.45, 7) is 0.396. The maximum Gasteiger partial charge on any atom is 0.276 e. The van der Waals surface area contributed by atoms with Crippen LogP contribution in [0.2, 0.25) is 0 Å². The predicted octanol–water partition coefficient (Wildman–Crippen LogP) is 2.13.